The SMILES string of the molecule is O=C(C1CCOCC1)N1CC[C@@H](c2ccccc2)C1. The van der Waals surface area contributed by atoms with Crippen molar-refractivity contribution in [2.75, 3.05) is 26.3 Å². The number of ether oxygens (including phenoxy) is 1. The minimum Gasteiger partial charge on any atom is -0.381 e. The van der Waals surface area contributed by atoms with Crippen LogP contribution in [0, 0.1) is 5.92 Å². The van der Waals surface area contributed by atoms with Gasteiger partial charge in [-0.25, -0.2) is 0 Å². The van der Waals surface area contributed by atoms with Crippen molar-refractivity contribution in [3.05, 3.63) is 35.9 Å². The summed E-state index contributed by atoms with van der Waals surface area (Å²) < 4.78 is 5.33. The van der Waals surface area contributed by atoms with Gasteiger partial charge in [-0.2, -0.15) is 0 Å². The number of benzene rings is 1. The molecule has 1 aromatic rings. The quantitative estimate of drug-likeness (QED) is 0.816. The molecular weight excluding hydrogens is 238 g/mol. The molecule has 0 saturated carbocycles. The van der Waals surface area contributed by atoms with Gasteiger partial charge >= 0.3 is 0 Å². The molecule has 3 rings (SSSR count). The number of hydrogen-bond acceptors (Lipinski definition) is 2. The van der Waals surface area contributed by atoms with Crippen LogP contribution in [0.25, 0.3) is 0 Å². The van der Waals surface area contributed by atoms with Crippen molar-refractivity contribution in [3.8, 4) is 0 Å². The summed E-state index contributed by atoms with van der Waals surface area (Å²) >= 11 is 0. The van der Waals surface area contributed by atoms with Crippen molar-refractivity contribution in [1.82, 2.24) is 4.90 Å². The van der Waals surface area contributed by atoms with E-state index in [1.807, 2.05) is 6.07 Å². The maximum absolute atomic E-state index is 12.4. The van der Waals surface area contributed by atoms with Gasteiger partial charge in [-0.1, -0.05) is 30.3 Å². The Labute approximate surface area is 114 Å². The van der Waals surface area contributed by atoms with Gasteiger partial charge in [0.25, 0.3) is 0 Å². The molecule has 2 aliphatic heterocycles. The summed E-state index contributed by atoms with van der Waals surface area (Å²) in [4.78, 5) is 14.5. The van der Waals surface area contributed by atoms with E-state index in [1.54, 1.807) is 0 Å². The zero-order chi connectivity index (χ0) is 13.1. The predicted octanol–water partition coefficient (Wildman–Crippen LogP) is 2.43. The zero-order valence-electron chi connectivity index (χ0n) is 11.3. The molecule has 0 radical (unpaired) electrons. The Morgan fingerprint density at radius 1 is 1.11 bits per heavy atom. The van der Waals surface area contributed by atoms with Crippen LogP contribution in [0.1, 0.15) is 30.7 Å². The number of carbonyl (C=O) groups is 1. The van der Waals surface area contributed by atoms with Crippen LogP contribution in [0.3, 0.4) is 0 Å². The second kappa shape index (κ2) is 5.74. The molecule has 0 aromatic heterocycles. The second-order valence-corrected chi connectivity index (χ2v) is 5.57. The molecular formula is C16H21NO2. The van der Waals surface area contributed by atoms with E-state index in [1.165, 1.54) is 5.56 Å². The summed E-state index contributed by atoms with van der Waals surface area (Å²) in [7, 11) is 0. The van der Waals surface area contributed by atoms with Crippen LogP contribution in [0.5, 0.6) is 0 Å². The summed E-state index contributed by atoms with van der Waals surface area (Å²) in [5.41, 5.74) is 1.37. The van der Waals surface area contributed by atoms with E-state index in [9.17, 15) is 4.79 Å². The van der Waals surface area contributed by atoms with Crippen molar-refractivity contribution in [1.29, 1.82) is 0 Å². The first-order valence-electron chi connectivity index (χ1n) is 7.26. The average Bonchev–Trinajstić information content (AvgIpc) is 2.98. The van der Waals surface area contributed by atoms with E-state index in [0.717, 1.165) is 45.6 Å². The van der Waals surface area contributed by atoms with Crippen LogP contribution in [-0.4, -0.2) is 37.1 Å². The fourth-order valence-electron chi connectivity index (χ4n) is 3.16. The van der Waals surface area contributed by atoms with Crippen LogP contribution in [-0.2, 0) is 9.53 Å². The Morgan fingerprint density at radius 2 is 1.84 bits per heavy atom. The zero-order valence-corrected chi connectivity index (χ0v) is 11.3. The monoisotopic (exact) mass is 259 g/mol. The maximum Gasteiger partial charge on any atom is 0.225 e. The highest BCUT2D eigenvalue weighted by atomic mass is 16.5. The van der Waals surface area contributed by atoms with Gasteiger partial charge in [0.2, 0.25) is 5.91 Å². The number of hydrogen-bond donors (Lipinski definition) is 0. The van der Waals surface area contributed by atoms with Crippen LogP contribution < -0.4 is 0 Å². The highest BCUT2D eigenvalue weighted by molar-refractivity contribution is 5.79. The number of nitrogens with zero attached hydrogens (tertiary/aromatic N) is 1. The van der Waals surface area contributed by atoms with E-state index in [0.29, 0.717) is 11.8 Å². The van der Waals surface area contributed by atoms with Gasteiger partial charge in [0.1, 0.15) is 0 Å². The van der Waals surface area contributed by atoms with Crippen molar-refractivity contribution in [2.45, 2.75) is 25.2 Å². The molecule has 1 atom stereocenters. The lowest BCUT2D eigenvalue weighted by Gasteiger charge is -2.26. The number of likely N-dealkylation sites (tertiary alicyclic amines) is 1. The molecule has 0 aliphatic carbocycles. The largest absolute Gasteiger partial charge is 0.381 e. The maximum atomic E-state index is 12.4. The Bertz CT molecular complexity index is 426. The van der Waals surface area contributed by atoms with Crippen molar-refractivity contribution in [3.63, 3.8) is 0 Å². The van der Waals surface area contributed by atoms with Crippen LogP contribution in [0.2, 0.25) is 0 Å². The van der Waals surface area contributed by atoms with E-state index >= 15 is 0 Å². The summed E-state index contributed by atoms with van der Waals surface area (Å²) in [6.07, 6.45) is 2.88. The number of rotatable bonds is 2. The van der Waals surface area contributed by atoms with Gasteiger partial charge < -0.3 is 9.64 Å². The molecule has 3 nitrogen and oxygen atoms in total. The van der Waals surface area contributed by atoms with E-state index in [4.69, 9.17) is 4.74 Å². The lowest BCUT2D eigenvalue weighted by atomic mass is 9.98. The third kappa shape index (κ3) is 2.81. The van der Waals surface area contributed by atoms with Crippen molar-refractivity contribution < 1.29 is 9.53 Å². The van der Waals surface area contributed by atoms with Gasteiger partial charge in [-0.05, 0) is 24.8 Å². The minimum absolute atomic E-state index is 0.197. The first-order valence-corrected chi connectivity index (χ1v) is 7.26. The molecule has 102 valence electrons. The molecule has 0 bridgehead atoms. The summed E-state index contributed by atoms with van der Waals surface area (Å²) in [6.45, 7) is 3.29. The van der Waals surface area contributed by atoms with Gasteiger partial charge in [-0.15, -0.1) is 0 Å². The number of amides is 1. The van der Waals surface area contributed by atoms with Crippen LogP contribution in [0.15, 0.2) is 30.3 Å². The second-order valence-electron chi connectivity index (χ2n) is 5.57. The molecule has 1 aromatic carbocycles. The molecule has 0 N–H and O–H groups in total. The molecule has 0 spiro atoms. The fourth-order valence-corrected chi connectivity index (χ4v) is 3.16. The van der Waals surface area contributed by atoms with Crippen molar-refractivity contribution >= 4 is 5.91 Å². The molecule has 3 heteroatoms. The Kier molecular flexibility index (Phi) is 3.83. The molecule has 1 amide bonds. The molecule has 2 fully saturated rings. The standard InChI is InChI=1S/C16H21NO2/c18-16(14-7-10-19-11-8-14)17-9-6-15(12-17)13-4-2-1-3-5-13/h1-5,14-15H,6-12H2/t15-/m1/s1. The van der Waals surface area contributed by atoms with E-state index < -0.39 is 0 Å². The molecule has 0 unspecified atom stereocenters. The lowest BCUT2D eigenvalue weighted by Crippen LogP contribution is -2.36. The van der Waals surface area contributed by atoms with Crippen molar-refractivity contribution in [2.24, 2.45) is 5.92 Å². The van der Waals surface area contributed by atoms with Gasteiger partial charge in [-0.3, -0.25) is 4.79 Å². The third-order valence-electron chi connectivity index (χ3n) is 4.34. The summed E-state index contributed by atoms with van der Waals surface area (Å²) in [5.74, 6) is 1.06. The molecule has 2 aliphatic rings. The topological polar surface area (TPSA) is 29.5 Å². The predicted molar refractivity (Wildman–Crippen MR) is 73.9 cm³/mol. The fraction of sp³-hybridized carbons (Fsp3) is 0.562. The highest BCUT2D eigenvalue weighted by Crippen LogP contribution is 2.29. The average molecular weight is 259 g/mol. The van der Waals surface area contributed by atoms with E-state index in [2.05, 4.69) is 29.2 Å². The lowest BCUT2D eigenvalue weighted by molar-refractivity contribution is -0.137. The van der Waals surface area contributed by atoms with E-state index in [-0.39, 0.29) is 5.92 Å². The highest BCUT2D eigenvalue weighted by Gasteiger charge is 2.32. The van der Waals surface area contributed by atoms with Gasteiger partial charge in [0, 0.05) is 38.1 Å². The summed E-state index contributed by atoms with van der Waals surface area (Å²) in [6, 6.07) is 10.6. The normalized spacial score (nSPS) is 24.6. The van der Waals surface area contributed by atoms with Crippen LogP contribution in [0.4, 0.5) is 0 Å². The van der Waals surface area contributed by atoms with Gasteiger partial charge in [0.05, 0.1) is 0 Å². The minimum atomic E-state index is 0.197. The first-order chi connectivity index (χ1) is 9.34. The Balaban J connectivity index is 1.61. The smallest absolute Gasteiger partial charge is 0.225 e. The van der Waals surface area contributed by atoms with Crippen LogP contribution >= 0.6 is 0 Å². The van der Waals surface area contributed by atoms with Gasteiger partial charge in [0.15, 0.2) is 0 Å². The Hall–Kier alpha value is -1.35. The Morgan fingerprint density at radius 3 is 2.58 bits per heavy atom. The number of carbonyl (C=O) groups excluding carboxylic acids is 1. The summed E-state index contributed by atoms with van der Waals surface area (Å²) in [5, 5.41) is 0. The first kappa shape index (κ1) is 12.7. The molecule has 2 saturated heterocycles. The molecule has 19 heavy (non-hydrogen) atoms. The molecule has 2 heterocycles. The third-order valence-corrected chi connectivity index (χ3v) is 4.34.